The van der Waals surface area contributed by atoms with Crippen LogP contribution in [0.15, 0.2) is 30.5 Å². The molecule has 116 valence electrons. The van der Waals surface area contributed by atoms with Crippen molar-refractivity contribution >= 4 is 22.8 Å². The van der Waals surface area contributed by atoms with Crippen LogP contribution in [-0.4, -0.2) is 39.0 Å². The summed E-state index contributed by atoms with van der Waals surface area (Å²) < 4.78 is 2.00. The van der Waals surface area contributed by atoms with Gasteiger partial charge in [-0.05, 0) is 30.9 Å². The first kappa shape index (κ1) is 14.6. The van der Waals surface area contributed by atoms with E-state index >= 15 is 0 Å². The Morgan fingerprint density at radius 3 is 2.82 bits per heavy atom. The molecule has 1 aliphatic rings. The lowest BCUT2D eigenvalue weighted by Gasteiger charge is -2.33. The van der Waals surface area contributed by atoms with Gasteiger partial charge in [0.2, 0.25) is 5.91 Å². The van der Waals surface area contributed by atoms with E-state index in [0.717, 1.165) is 29.3 Å². The zero-order chi connectivity index (χ0) is 15.7. The molecule has 1 aromatic carbocycles. The number of hydrogen-bond acceptors (Lipinski definition) is 2. The fourth-order valence-electron chi connectivity index (χ4n) is 3.32. The summed E-state index contributed by atoms with van der Waals surface area (Å²) in [6.07, 6.45) is 4.52. The maximum Gasteiger partial charge on any atom is 0.326 e. The van der Waals surface area contributed by atoms with Gasteiger partial charge in [0.1, 0.15) is 6.04 Å². The molecule has 1 atom stereocenters. The standard InChI is InChI=1S/C17H20N2O3/c1-18-11-12(13-6-2-3-7-14(13)18)10-16(20)19-9-5-4-8-15(19)17(21)22/h2-3,6-7,11,15H,4-5,8-10H2,1H3,(H,21,22)/t15-/m1/s1. The second kappa shape index (κ2) is 5.83. The summed E-state index contributed by atoms with van der Waals surface area (Å²) in [6.45, 7) is 0.542. The topological polar surface area (TPSA) is 62.5 Å². The molecule has 22 heavy (non-hydrogen) atoms. The molecule has 1 saturated heterocycles. The lowest BCUT2D eigenvalue weighted by Crippen LogP contribution is -2.48. The highest BCUT2D eigenvalue weighted by Crippen LogP contribution is 2.23. The first-order valence-electron chi connectivity index (χ1n) is 7.63. The summed E-state index contributed by atoms with van der Waals surface area (Å²) in [6, 6.07) is 7.28. The largest absolute Gasteiger partial charge is 0.480 e. The van der Waals surface area contributed by atoms with Crippen LogP contribution in [0.3, 0.4) is 0 Å². The van der Waals surface area contributed by atoms with Crippen molar-refractivity contribution in [1.82, 2.24) is 9.47 Å². The Kier molecular flexibility index (Phi) is 3.88. The third-order valence-electron chi connectivity index (χ3n) is 4.43. The Morgan fingerprint density at radius 2 is 2.05 bits per heavy atom. The van der Waals surface area contributed by atoms with Crippen molar-refractivity contribution < 1.29 is 14.7 Å². The highest BCUT2D eigenvalue weighted by Gasteiger charge is 2.32. The van der Waals surface area contributed by atoms with E-state index in [1.54, 1.807) is 0 Å². The molecular formula is C17H20N2O3. The van der Waals surface area contributed by atoms with Gasteiger partial charge in [0.05, 0.1) is 6.42 Å². The summed E-state index contributed by atoms with van der Waals surface area (Å²) in [5.74, 6) is -0.991. The van der Waals surface area contributed by atoms with Gasteiger partial charge in [-0.15, -0.1) is 0 Å². The molecule has 1 amide bonds. The van der Waals surface area contributed by atoms with E-state index in [4.69, 9.17) is 0 Å². The highest BCUT2D eigenvalue weighted by atomic mass is 16.4. The first-order chi connectivity index (χ1) is 10.6. The van der Waals surface area contributed by atoms with Crippen molar-refractivity contribution in [2.75, 3.05) is 6.54 Å². The van der Waals surface area contributed by atoms with Crippen molar-refractivity contribution in [3.8, 4) is 0 Å². The number of nitrogens with zero attached hydrogens (tertiary/aromatic N) is 2. The van der Waals surface area contributed by atoms with Crippen molar-refractivity contribution in [3.63, 3.8) is 0 Å². The minimum absolute atomic E-state index is 0.0940. The molecule has 3 rings (SSSR count). The van der Waals surface area contributed by atoms with Gasteiger partial charge < -0.3 is 14.6 Å². The molecule has 0 unspecified atom stereocenters. The van der Waals surface area contributed by atoms with Crippen LogP contribution in [0, 0.1) is 0 Å². The number of rotatable bonds is 3. The van der Waals surface area contributed by atoms with Gasteiger partial charge in [-0.2, -0.15) is 0 Å². The Morgan fingerprint density at radius 1 is 1.27 bits per heavy atom. The van der Waals surface area contributed by atoms with Crippen LogP contribution < -0.4 is 0 Å². The number of hydrogen-bond donors (Lipinski definition) is 1. The van der Waals surface area contributed by atoms with Crippen molar-refractivity contribution in [2.24, 2.45) is 7.05 Å². The number of benzene rings is 1. The van der Waals surface area contributed by atoms with Crippen LogP contribution in [0.25, 0.3) is 10.9 Å². The van der Waals surface area contributed by atoms with Crippen molar-refractivity contribution in [3.05, 3.63) is 36.0 Å². The molecule has 2 aromatic rings. The SMILES string of the molecule is Cn1cc(CC(=O)N2CCCC[C@@H]2C(=O)O)c2ccccc21. The molecule has 0 saturated carbocycles. The minimum atomic E-state index is -0.897. The maximum atomic E-state index is 12.6. The molecule has 0 radical (unpaired) electrons. The number of carboxylic acids is 1. The van der Waals surface area contributed by atoms with Crippen LogP contribution in [0.1, 0.15) is 24.8 Å². The summed E-state index contributed by atoms with van der Waals surface area (Å²) in [5, 5.41) is 10.4. The number of aryl methyl sites for hydroxylation is 1. The fraction of sp³-hybridized carbons (Fsp3) is 0.412. The molecule has 1 N–H and O–H groups in total. The summed E-state index contributed by atoms with van der Waals surface area (Å²) in [5.41, 5.74) is 2.04. The summed E-state index contributed by atoms with van der Waals surface area (Å²) >= 11 is 0. The van der Waals surface area contributed by atoms with Crippen LogP contribution in [0.5, 0.6) is 0 Å². The third-order valence-corrected chi connectivity index (χ3v) is 4.43. The number of para-hydroxylation sites is 1. The normalized spacial score (nSPS) is 18.6. The maximum absolute atomic E-state index is 12.6. The van der Waals surface area contributed by atoms with Gasteiger partial charge in [0.25, 0.3) is 0 Å². The molecule has 0 bridgehead atoms. The zero-order valence-corrected chi connectivity index (χ0v) is 12.7. The number of carbonyl (C=O) groups is 2. The Hall–Kier alpha value is -2.30. The molecular weight excluding hydrogens is 280 g/mol. The number of likely N-dealkylation sites (tertiary alicyclic amines) is 1. The second-order valence-electron chi connectivity index (χ2n) is 5.90. The van der Waals surface area contributed by atoms with E-state index in [-0.39, 0.29) is 12.3 Å². The summed E-state index contributed by atoms with van der Waals surface area (Å²) in [7, 11) is 1.96. The van der Waals surface area contributed by atoms with Gasteiger partial charge in [-0.3, -0.25) is 4.79 Å². The predicted molar refractivity (Wildman–Crippen MR) is 83.6 cm³/mol. The van der Waals surface area contributed by atoms with Gasteiger partial charge in [-0.25, -0.2) is 4.79 Å². The third kappa shape index (κ3) is 2.58. The zero-order valence-electron chi connectivity index (χ0n) is 12.7. The van der Waals surface area contributed by atoms with Gasteiger partial charge >= 0.3 is 5.97 Å². The van der Waals surface area contributed by atoms with E-state index in [0.29, 0.717) is 13.0 Å². The number of aliphatic carboxylic acids is 1. The van der Waals surface area contributed by atoms with Crippen LogP contribution >= 0.6 is 0 Å². The smallest absolute Gasteiger partial charge is 0.326 e. The number of piperidine rings is 1. The molecule has 1 fully saturated rings. The van der Waals surface area contributed by atoms with Crippen LogP contribution in [-0.2, 0) is 23.1 Å². The minimum Gasteiger partial charge on any atom is -0.480 e. The number of aromatic nitrogens is 1. The summed E-state index contributed by atoms with van der Waals surface area (Å²) in [4.78, 5) is 25.5. The van der Waals surface area contributed by atoms with Crippen molar-refractivity contribution in [1.29, 1.82) is 0 Å². The molecule has 1 aromatic heterocycles. The lowest BCUT2D eigenvalue weighted by atomic mass is 10.0. The predicted octanol–water partition coefficient (Wildman–Crippen LogP) is 2.19. The molecule has 2 heterocycles. The van der Waals surface area contributed by atoms with E-state index in [2.05, 4.69) is 0 Å². The molecule has 5 nitrogen and oxygen atoms in total. The number of fused-ring (bicyclic) bond motifs is 1. The lowest BCUT2D eigenvalue weighted by molar-refractivity contribution is -0.151. The van der Waals surface area contributed by atoms with E-state index in [9.17, 15) is 14.7 Å². The monoisotopic (exact) mass is 300 g/mol. The average molecular weight is 300 g/mol. The Labute approximate surface area is 129 Å². The van der Waals surface area contributed by atoms with Gasteiger partial charge in [0.15, 0.2) is 0 Å². The quantitative estimate of drug-likeness (QED) is 0.945. The Balaban J connectivity index is 1.85. The fourth-order valence-corrected chi connectivity index (χ4v) is 3.32. The van der Waals surface area contributed by atoms with Crippen LogP contribution in [0.2, 0.25) is 0 Å². The molecule has 1 aliphatic heterocycles. The number of carboxylic acid groups (broad SMARTS) is 1. The van der Waals surface area contributed by atoms with E-state index < -0.39 is 12.0 Å². The van der Waals surface area contributed by atoms with Crippen LogP contribution in [0.4, 0.5) is 0 Å². The second-order valence-corrected chi connectivity index (χ2v) is 5.90. The molecule has 5 heteroatoms. The highest BCUT2D eigenvalue weighted by molar-refractivity contribution is 5.91. The van der Waals surface area contributed by atoms with Gasteiger partial charge in [0, 0.05) is 30.7 Å². The first-order valence-corrected chi connectivity index (χ1v) is 7.63. The molecule has 0 spiro atoms. The van der Waals surface area contributed by atoms with Crippen molar-refractivity contribution in [2.45, 2.75) is 31.7 Å². The number of carbonyl (C=O) groups excluding carboxylic acids is 1. The van der Waals surface area contributed by atoms with E-state index in [1.165, 1.54) is 4.90 Å². The average Bonchev–Trinajstić information content (AvgIpc) is 2.84. The van der Waals surface area contributed by atoms with Gasteiger partial charge in [-0.1, -0.05) is 18.2 Å². The molecule has 0 aliphatic carbocycles. The number of amides is 1. The Bertz CT molecular complexity index is 720. The van der Waals surface area contributed by atoms with E-state index in [1.807, 2.05) is 42.1 Å².